The molecule has 0 N–H and O–H groups in total. The maximum atomic E-state index is 14.2. The van der Waals surface area contributed by atoms with E-state index in [2.05, 4.69) is 0 Å². The summed E-state index contributed by atoms with van der Waals surface area (Å²) in [5.41, 5.74) is -1.05. The third-order valence-electron chi connectivity index (χ3n) is 4.09. The van der Waals surface area contributed by atoms with E-state index in [4.69, 9.17) is 16.0 Å². The van der Waals surface area contributed by atoms with Crippen LogP contribution in [-0.2, 0) is 29.3 Å². The average Bonchev–Trinajstić information content (AvgIpc) is 3.15. The zero-order valence-electron chi connectivity index (χ0n) is 14.7. The van der Waals surface area contributed by atoms with Crippen LogP contribution in [0.5, 0.6) is 0 Å². The normalized spacial score (nSPS) is 12.5. The summed E-state index contributed by atoms with van der Waals surface area (Å²) in [5, 5.41) is -0.0498. The monoisotopic (exact) mass is 447 g/mol. The van der Waals surface area contributed by atoms with Crippen molar-refractivity contribution in [2.45, 2.75) is 24.2 Å². The Morgan fingerprint density at radius 1 is 1.00 bits per heavy atom. The van der Waals surface area contributed by atoms with E-state index >= 15 is 0 Å². The summed E-state index contributed by atoms with van der Waals surface area (Å²) in [6.07, 6.45) is -3.31. The molecule has 2 aromatic carbocycles. The van der Waals surface area contributed by atoms with E-state index in [1.807, 2.05) is 0 Å². The van der Waals surface area contributed by atoms with Gasteiger partial charge in [-0.05, 0) is 48.0 Å². The SMILES string of the molecule is O=S(=O)(c1ccccc1F)N(Cc1ccco1)Cc1cc(C(F)(F)F)ccc1Cl. The van der Waals surface area contributed by atoms with Gasteiger partial charge in [0, 0.05) is 11.6 Å². The van der Waals surface area contributed by atoms with E-state index < -0.39 is 39.0 Å². The first-order valence-corrected chi connectivity index (χ1v) is 10.0. The Morgan fingerprint density at radius 3 is 2.34 bits per heavy atom. The molecule has 0 spiro atoms. The Morgan fingerprint density at radius 2 is 1.72 bits per heavy atom. The van der Waals surface area contributed by atoms with Gasteiger partial charge in [0.25, 0.3) is 0 Å². The molecule has 4 nitrogen and oxygen atoms in total. The molecule has 0 radical (unpaired) electrons. The molecule has 0 amide bonds. The van der Waals surface area contributed by atoms with E-state index in [1.54, 1.807) is 0 Å². The number of alkyl halides is 3. The highest BCUT2D eigenvalue weighted by Gasteiger charge is 2.33. The van der Waals surface area contributed by atoms with Crippen LogP contribution in [0.25, 0.3) is 0 Å². The summed E-state index contributed by atoms with van der Waals surface area (Å²) in [6.45, 7) is -0.837. The molecule has 0 saturated heterocycles. The van der Waals surface area contributed by atoms with Gasteiger partial charge in [-0.3, -0.25) is 0 Å². The minimum Gasteiger partial charge on any atom is -0.468 e. The second-order valence-electron chi connectivity index (χ2n) is 6.09. The van der Waals surface area contributed by atoms with Gasteiger partial charge in [0.05, 0.1) is 18.4 Å². The standard InChI is InChI=1S/C19H14ClF4NO3S/c20-16-8-7-14(19(22,23)24)10-13(16)11-25(12-15-4-3-9-28-15)29(26,27)18-6-2-1-5-17(18)21/h1-10H,11-12H2. The number of furan rings is 1. The molecule has 3 rings (SSSR count). The molecule has 29 heavy (non-hydrogen) atoms. The molecule has 0 fully saturated rings. The van der Waals surface area contributed by atoms with E-state index in [9.17, 15) is 26.0 Å². The van der Waals surface area contributed by atoms with Crippen molar-refractivity contribution in [1.29, 1.82) is 0 Å². The van der Waals surface area contributed by atoms with E-state index in [1.165, 1.54) is 30.5 Å². The van der Waals surface area contributed by atoms with Gasteiger partial charge in [0.1, 0.15) is 16.5 Å². The van der Waals surface area contributed by atoms with Gasteiger partial charge in [-0.2, -0.15) is 17.5 Å². The van der Waals surface area contributed by atoms with Crippen molar-refractivity contribution >= 4 is 21.6 Å². The number of rotatable bonds is 6. The summed E-state index contributed by atoms with van der Waals surface area (Å²) in [5.74, 6) is -0.750. The van der Waals surface area contributed by atoms with E-state index in [0.29, 0.717) is 0 Å². The lowest BCUT2D eigenvalue weighted by molar-refractivity contribution is -0.137. The summed E-state index contributed by atoms with van der Waals surface area (Å²) >= 11 is 6.01. The van der Waals surface area contributed by atoms with Gasteiger partial charge < -0.3 is 4.42 Å². The van der Waals surface area contributed by atoms with Crippen LogP contribution in [0.15, 0.2) is 70.2 Å². The van der Waals surface area contributed by atoms with Crippen molar-refractivity contribution in [3.8, 4) is 0 Å². The topological polar surface area (TPSA) is 50.5 Å². The largest absolute Gasteiger partial charge is 0.468 e. The third-order valence-corrected chi connectivity index (χ3v) is 6.28. The van der Waals surface area contributed by atoms with Gasteiger partial charge in [-0.25, -0.2) is 12.8 Å². The highest BCUT2D eigenvalue weighted by Crippen LogP contribution is 2.33. The molecule has 0 aliphatic heterocycles. The zero-order valence-corrected chi connectivity index (χ0v) is 16.2. The number of halogens is 5. The Hall–Kier alpha value is -2.36. The van der Waals surface area contributed by atoms with Crippen molar-refractivity contribution in [1.82, 2.24) is 4.31 Å². The number of hydrogen-bond donors (Lipinski definition) is 0. The Balaban J connectivity index is 2.05. The van der Waals surface area contributed by atoms with Gasteiger partial charge in [0.15, 0.2) is 0 Å². The van der Waals surface area contributed by atoms with Crippen LogP contribution in [0, 0.1) is 5.82 Å². The van der Waals surface area contributed by atoms with Gasteiger partial charge in [-0.15, -0.1) is 0 Å². The van der Waals surface area contributed by atoms with Crippen LogP contribution < -0.4 is 0 Å². The molecule has 1 aromatic heterocycles. The molecule has 0 aliphatic rings. The second-order valence-corrected chi connectivity index (χ2v) is 8.40. The summed E-state index contributed by atoms with van der Waals surface area (Å²) in [7, 11) is -4.41. The number of nitrogens with zero attached hydrogens (tertiary/aromatic N) is 1. The molecule has 0 bridgehead atoms. The Labute approximate surface area is 169 Å². The number of benzene rings is 2. The average molecular weight is 448 g/mol. The summed E-state index contributed by atoms with van der Waals surface area (Å²) in [4.78, 5) is -0.602. The first-order valence-electron chi connectivity index (χ1n) is 8.22. The van der Waals surface area contributed by atoms with E-state index in [-0.39, 0.29) is 22.9 Å². The molecule has 1 heterocycles. The lowest BCUT2D eigenvalue weighted by Crippen LogP contribution is -2.31. The van der Waals surface area contributed by atoms with Crippen molar-refractivity contribution < 1.29 is 30.4 Å². The van der Waals surface area contributed by atoms with Crippen LogP contribution >= 0.6 is 11.6 Å². The van der Waals surface area contributed by atoms with Crippen LogP contribution in [0.2, 0.25) is 5.02 Å². The number of hydrogen-bond acceptors (Lipinski definition) is 3. The Bertz CT molecular complexity index is 1100. The van der Waals surface area contributed by atoms with Crippen molar-refractivity contribution in [2.24, 2.45) is 0 Å². The molecule has 3 aromatic rings. The highest BCUT2D eigenvalue weighted by atomic mass is 35.5. The molecule has 0 unspecified atom stereocenters. The van der Waals surface area contributed by atoms with Crippen LogP contribution in [0.3, 0.4) is 0 Å². The highest BCUT2D eigenvalue weighted by molar-refractivity contribution is 7.89. The molecular formula is C19H14ClF4NO3S. The molecular weight excluding hydrogens is 434 g/mol. The molecule has 0 atom stereocenters. The third kappa shape index (κ3) is 4.80. The van der Waals surface area contributed by atoms with Crippen LogP contribution in [0.1, 0.15) is 16.9 Å². The second kappa shape index (κ2) is 8.17. The first-order chi connectivity index (χ1) is 13.6. The number of sulfonamides is 1. The fourth-order valence-corrected chi connectivity index (χ4v) is 4.28. The minimum absolute atomic E-state index is 0.0498. The summed E-state index contributed by atoms with van der Waals surface area (Å²) < 4.78 is 85.4. The molecule has 0 aliphatic carbocycles. The lowest BCUT2D eigenvalue weighted by Gasteiger charge is -2.23. The van der Waals surface area contributed by atoms with Crippen LogP contribution in [0.4, 0.5) is 17.6 Å². The maximum Gasteiger partial charge on any atom is 0.416 e. The lowest BCUT2D eigenvalue weighted by atomic mass is 10.1. The smallest absolute Gasteiger partial charge is 0.416 e. The predicted molar refractivity (Wildman–Crippen MR) is 98.0 cm³/mol. The molecule has 10 heteroatoms. The predicted octanol–water partition coefficient (Wildman–Crippen LogP) is 5.48. The minimum atomic E-state index is -4.63. The summed E-state index contributed by atoms with van der Waals surface area (Å²) in [6, 6.07) is 10.4. The van der Waals surface area contributed by atoms with Crippen molar-refractivity contribution in [3.63, 3.8) is 0 Å². The fourth-order valence-electron chi connectivity index (χ4n) is 2.66. The van der Waals surface area contributed by atoms with Crippen molar-refractivity contribution in [3.05, 3.63) is 88.6 Å². The molecule has 154 valence electrons. The fraction of sp³-hybridized carbons (Fsp3) is 0.158. The van der Waals surface area contributed by atoms with Gasteiger partial charge in [-0.1, -0.05) is 23.7 Å². The molecule has 0 saturated carbocycles. The zero-order chi connectivity index (χ0) is 21.2. The maximum absolute atomic E-state index is 14.2. The first kappa shape index (κ1) is 21.4. The quantitative estimate of drug-likeness (QED) is 0.470. The van der Waals surface area contributed by atoms with Gasteiger partial charge >= 0.3 is 6.18 Å². The van der Waals surface area contributed by atoms with Gasteiger partial charge in [0.2, 0.25) is 10.0 Å². The van der Waals surface area contributed by atoms with Crippen LogP contribution in [-0.4, -0.2) is 12.7 Å². The van der Waals surface area contributed by atoms with Crippen molar-refractivity contribution in [2.75, 3.05) is 0 Å². The Kier molecular flexibility index (Phi) is 6.02. The van der Waals surface area contributed by atoms with E-state index in [0.717, 1.165) is 34.6 Å².